The Labute approximate surface area is 168 Å². The Morgan fingerprint density at radius 1 is 1.37 bits per heavy atom. The Bertz CT molecular complexity index is 807. The molecular formula is C18H24ClN5O2S. The van der Waals surface area contributed by atoms with E-state index < -0.39 is 0 Å². The van der Waals surface area contributed by atoms with E-state index in [1.165, 1.54) is 11.8 Å². The number of thioether (sulfide) groups is 1. The van der Waals surface area contributed by atoms with E-state index in [0.29, 0.717) is 18.2 Å². The van der Waals surface area contributed by atoms with Crippen LogP contribution in [0.15, 0.2) is 23.4 Å². The fraction of sp³-hybridized carbons (Fsp3) is 0.500. The number of carbonyl (C=O) groups excluding carboxylic acids is 1. The predicted octanol–water partition coefficient (Wildman–Crippen LogP) is 3.22. The molecule has 27 heavy (non-hydrogen) atoms. The molecule has 2 aromatic rings. The van der Waals surface area contributed by atoms with Gasteiger partial charge in [0.25, 0.3) is 0 Å². The number of nitrogens with zero attached hydrogens (tertiary/aromatic N) is 4. The summed E-state index contributed by atoms with van der Waals surface area (Å²) in [6.07, 6.45) is 0. The van der Waals surface area contributed by atoms with Gasteiger partial charge in [-0.25, -0.2) is 0 Å². The SMILES string of the molecule is CCn1c(S[C@@H](C)C(=O)Nc2cccc(Cl)c2C)nnc1N1CCOCC1. The van der Waals surface area contributed by atoms with Crippen LogP contribution in [0.5, 0.6) is 0 Å². The van der Waals surface area contributed by atoms with Gasteiger partial charge in [-0.3, -0.25) is 9.36 Å². The van der Waals surface area contributed by atoms with E-state index >= 15 is 0 Å². The minimum Gasteiger partial charge on any atom is -0.378 e. The second-order valence-electron chi connectivity index (χ2n) is 6.29. The largest absolute Gasteiger partial charge is 0.378 e. The van der Waals surface area contributed by atoms with Crippen molar-refractivity contribution in [2.24, 2.45) is 0 Å². The van der Waals surface area contributed by atoms with Gasteiger partial charge in [0, 0.05) is 30.3 Å². The summed E-state index contributed by atoms with van der Waals surface area (Å²) in [7, 11) is 0. The molecule has 1 amide bonds. The van der Waals surface area contributed by atoms with Crippen LogP contribution in [0.3, 0.4) is 0 Å². The number of halogens is 1. The van der Waals surface area contributed by atoms with Crippen molar-refractivity contribution in [1.29, 1.82) is 0 Å². The third-order valence-corrected chi connectivity index (χ3v) is 5.97. The zero-order valence-corrected chi connectivity index (χ0v) is 17.3. The monoisotopic (exact) mass is 409 g/mol. The van der Waals surface area contributed by atoms with E-state index in [9.17, 15) is 4.79 Å². The fourth-order valence-corrected chi connectivity index (χ4v) is 3.91. The van der Waals surface area contributed by atoms with Crippen LogP contribution in [0.2, 0.25) is 5.02 Å². The third kappa shape index (κ3) is 4.56. The minimum absolute atomic E-state index is 0.0936. The summed E-state index contributed by atoms with van der Waals surface area (Å²) in [5.41, 5.74) is 1.59. The summed E-state index contributed by atoms with van der Waals surface area (Å²) in [6.45, 7) is 9.52. The van der Waals surface area contributed by atoms with Gasteiger partial charge >= 0.3 is 0 Å². The highest BCUT2D eigenvalue weighted by molar-refractivity contribution is 8.00. The maximum absolute atomic E-state index is 12.6. The zero-order valence-electron chi connectivity index (χ0n) is 15.7. The van der Waals surface area contributed by atoms with Gasteiger partial charge in [0.1, 0.15) is 0 Å². The van der Waals surface area contributed by atoms with E-state index in [0.717, 1.165) is 42.0 Å². The van der Waals surface area contributed by atoms with Crippen molar-refractivity contribution >= 4 is 40.9 Å². The molecule has 1 aliphatic heterocycles. The van der Waals surface area contributed by atoms with Crippen molar-refractivity contribution in [2.45, 2.75) is 37.7 Å². The second kappa shape index (κ2) is 8.95. The van der Waals surface area contributed by atoms with Gasteiger partial charge in [0.05, 0.1) is 18.5 Å². The molecule has 0 saturated carbocycles. The van der Waals surface area contributed by atoms with Gasteiger partial charge in [-0.05, 0) is 38.5 Å². The van der Waals surface area contributed by atoms with Gasteiger partial charge in [0.2, 0.25) is 11.9 Å². The van der Waals surface area contributed by atoms with Crippen LogP contribution in [0.4, 0.5) is 11.6 Å². The first kappa shape index (κ1) is 20.0. The van der Waals surface area contributed by atoms with Gasteiger partial charge in [0.15, 0.2) is 5.16 Å². The quantitative estimate of drug-likeness (QED) is 0.738. The molecule has 0 unspecified atom stereocenters. The van der Waals surface area contributed by atoms with Gasteiger partial charge in [-0.2, -0.15) is 0 Å². The maximum Gasteiger partial charge on any atom is 0.237 e. The summed E-state index contributed by atoms with van der Waals surface area (Å²) >= 11 is 7.53. The summed E-state index contributed by atoms with van der Waals surface area (Å²) in [4.78, 5) is 14.8. The maximum atomic E-state index is 12.6. The highest BCUT2D eigenvalue weighted by atomic mass is 35.5. The summed E-state index contributed by atoms with van der Waals surface area (Å²) in [5, 5.41) is 12.7. The average molecular weight is 410 g/mol. The number of hydrogen-bond acceptors (Lipinski definition) is 6. The van der Waals surface area contributed by atoms with Crippen molar-refractivity contribution in [3.8, 4) is 0 Å². The molecular weight excluding hydrogens is 386 g/mol. The molecule has 1 aromatic carbocycles. The predicted molar refractivity (Wildman–Crippen MR) is 109 cm³/mol. The van der Waals surface area contributed by atoms with Crippen molar-refractivity contribution in [2.75, 3.05) is 36.5 Å². The number of morpholine rings is 1. The van der Waals surface area contributed by atoms with Crippen LogP contribution < -0.4 is 10.2 Å². The topological polar surface area (TPSA) is 72.3 Å². The smallest absolute Gasteiger partial charge is 0.237 e. The van der Waals surface area contributed by atoms with Crippen LogP contribution in [-0.2, 0) is 16.1 Å². The molecule has 1 aromatic heterocycles. The number of benzene rings is 1. The molecule has 9 heteroatoms. The summed E-state index contributed by atoms with van der Waals surface area (Å²) in [6, 6.07) is 5.48. The lowest BCUT2D eigenvalue weighted by Crippen LogP contribution is -2.38. The number of rotatable bonds is 6. The van der Waals surface area contributed by atoms with Crippen molar-refractivity contribution in [3.63, 3.8) is 0 Å². The molecule has 1 fully saturated rings. The molecule has 146 valence electrons. The average Bonchev–Trinajstić information content (AvgIpc) is 3.08. The molecule has 0 radical (unpaired) electrons. The molecule has 1 N–H and O–H groups in total. The number of ether oxygens (including phenoxy) is 1. The number of nitrogens with one attached hydrogen (secondary N) is 1. The van der Waals surface area contributed by atoms with Crippen LogP contribution in [-0.4, -0.2) is 52.2 Å². The third-order valence-electron chi connectivity index (χ3n) is 4.48. The van der Waals surface area contributed by atoms with Gasteiger partial charge in [-0.1, -0.05) is 29.4 Å². The molecule has 1 aliphatic rings. The number of carbonyl (C=O) groups is 1. The number of hydrogen-bond donors (Lipinski definition) is 1. The number of anilines is 2. The number of aromatic nitrogens is 3. The Morgan fingerprint density at radius 3 is 2.81 bits per heavy atom. The fourth-order valence-electron chi connectivity index (χ4n) is 2.83. The first-order valence-corrected chi connectivity index (χ1v) is 10.3. The Hall–Kier alpha value is -1.77. The van der Waals surface area contributed by atoms with Gasteiger partial charge < -0.3 is 15.0 Å². The summed E-state index contributed by atoms with van der Waals surface area (Å²) in [5.74, 6) is 0.741. The zero-order chi connectivity index (χ0) is 19.4. The van der Waals surface area contributed by atoms with Crippen molar-refractivity contribution < 1.29 is 9.53 Å². The normalized spacial score (nSPS) is 15.6. The molecule has 2 heterocycles. The highest BCUT2D eigenvalue weighted by Gasteiger charge is 2.23. The summed E-state index contributed by atoms with van der Waals surface area (Å²) < 4.78 is 7.45. The number of amides is 1. The molecule has 0 spiro atoms. The lowest BCUT2D eigenvalue weighted by molar-refractivity contribution is -0.115. The molecule has 0 bridgehead atoms. The Kier molecular flexibility index (Phi) is 6.62. The van der Waals surface area contributed by atoms with E-state index in [2.05, 4.69) is 27.3 Å². The Morgan fingerprint density at radius 2 is 2.11 bits per heavy atom. The standard InChI is InChI=1S/C18H24ClN5O2S/c1-4-24-17(23-8-10-26-11-9-23)21-22-18(24)27-13(3)16(25)20-15-7-5-6-14(19)12(15)2/h5-7,13H,4,8-11H2,1-3H3,(H,20,25)/t13-/m0/s1. The van der Waals surface area contributed by atoms with Crippen LogP contribution in [0, 0.1) is 6.92 Å². The molecule has 1 saturated heterocycles. The second-order valence-corrected chi connectivity index (χ2v) is 8.00. The minimum atomic E-state index is -0.324. The molecule has 3 rings (SSSR count). The van der Waals surface area contributed by atoms with Crippen molar-refractivity contribution in [1.82, 2.24) is 14.8 Å². The van der Waals surface area contributed by atoms with Crippen molar-refractivity contribution in [3.05, 3.63) is 28.8 Å². The lowest BCUT2D eigenvalue weighted by Gasteiger charge is -2.27. The van der Waals surface area contributed by atoms with Gasteiger partial charge in [-0.15, -0.1) is 10.2 Å². The van der Waals surface area contributed by atoms with E-state index in [1.807, 2.05) is 36.6 Å². The van der Waals surface area contributed by atoms with E-state index in [-0.39, 0.29) is 11.2 Å². The molecule has 0 aliphatic carbocycles. The van der Waals surface area contributed by atoms with Crippen LogP contribution >= 0.6 is 23.4 Å². The van der Waals surface area contributed by atoms with Crippen LogP contribution in [0.1, 0.15) is 19.4 Å². The first-order chi connectivity index (χ1) is 13.0. The van der Waals surface area contributed by atoms with E-state index in [1.54, 1.807) is 0 Å². The highest BCUT2D eigenvalue weighted by Crippen LogP contribution is 2.28. The molecule has 1 atom stereocenters. The Balaban J connectivity index is 1.69. The lowest BCUT2D eigenvalue weighted by atomic mass is 10.2. The van der Waals surface area contributed by atoms with Crippen LogP contribution in [0.25, 0.3) is 0 Å². The van der Waals surface area contributed by atoms with E-state index in [4.69, 9.17) is 16.3 Å². The molecule has 7 nitrogen and oxygen atoms in total. The first-order valence-electron chi connectivity index (χ1n) is 8.99.